The van der Waals surface area contributed by atoms with Gasteiger partial charge in [-0.25, -0.2) is 9.97 Å². The van der Waals surface area contributed by atoms with Gasteiger partial charge in [0.1, 0.15) is 11.3 Å². The van der Waals surface area contributed by atoms with Gasteiger partial charge in [0.2, 0.25) is 0 Å². The van der Waals surface area contributed by atoms with Crippen molar-refractivity contribution in [2.24, 2.45) is 0 Å². The van der Waals surface area contributed by atoms with E-state index in [-0.39, 0.29) is 5.41 Å². The molecule has 0 fully saturated rings. The van der Waals surface area contributed by atoms with Crippen LogP contribution in [0.5, 0.6) is 11.5 Å². The lowest BCUT2D eigenvalue weighted by Crippen LogP contribution is -2.24. The van der Waals surface area contributed by atoms with Gasteiger partial charge in [0.25, 0.3) is 0 Å². The largest absolute Gasteiger partial charge is 0.453 e. The van der Waals surface area contributed by atoms with Crippen LogP contribution in [0.4, 0.5) is 0 Å². The molecule has 2 aromatic heterocycles. The molecule has 1 aliphatic heterocycles. The van der Waals surface area contributed by atoms with Crippen molar-refractivity contribution in [3.8, 4) is 56.5 Å². The summed E-state index contributed by atoms with van der Waals surface area (Å²) in [6, 6.07) is 50.1. The molecule has 6 aromatic carbocycles. The van der Waals surface area contributed by atoms with Gasteiger partial charge in [0.15, 0.2) is 17.2 Å². The summed E-state index contributed by atoms with van der Waals surface area (Å²) in [4.78, 5) is 9.99. The summed E-state index contributed by atoms with van der Waals surface area (Å²) < 4.78 is 13.1. The number of nitrogens with zero attached hydrogens (tertiary/aromatic N) is 2. The van der Waals surface area contributed by atoms with Gasteiger partial charge < -0.3 is 9.15 Å². The molecular formula is C43H30N2O2. The zero-order valence-corrected chi connectivity index (χ0v) is 26.1. The molecule has 4 nitrogen and oxygen atoms in total. The highest BCUT2D eigenvalue weighted by atomic mass is 16.5. The quantitative estimate of drug-likeness (QED) is 0.200. The SMILES string of the molecule is CC1(C)c2ccc(-c3ccc(-c4nc(-c5ccccc5)cc(-c5ccccc5)n4)cc3)cc2Oc2c1ccc1c2oc2ccccc21. The molecule has 0 saturated carbocycles. The van der Waals surface area contributed by atoms with Crippen molar-refractivity contribution in [1.82, 2.24) is 9.97 Å². The third-order valence-corrected chi connectivity index (χ3v) is 9.38. The van der Waals surface area contributed by atoms with Crippen LogP contribution in [0, 0.1) is 0 Å². The maximum atomic E-state index is 6.71. The van der Waals surface area contributed by atoms with Crippen LogP contribution in [0.15, 0.2) is 150 Å². The van der Waals surface area contributed by atoms with E-state index in [1.54, 1.807) is 0 Å². The minimum absolute atomic E-state index is 0.254. The van der Waals surface area contributed by atoms with Crippen molar-refractivity contribution in [3.63, 3.8) is 0 Å². The van der Waals surface area contributed by atoms with Gasteiger partial charge in [-0.1, -0.05) is 135 Å². The molecule has 1 aliphatic rings. The van der Waals surface area contributed by atoms with Gasteiger partial charge in [0, 0.05) is 44.0 Å². The summed E-state index contributed by atoms with van der Waals surface area (Å²) in [5.74, 6) is 2.34. The molecule has 9 rings (SSSR count). The monoisotopic (exact) mass is 606 g/mol. The van der Waals surface area contributed by atoms with Gasteiger partial charge in [-0.05, 0) is 35.4 Å². The molecule has 0 spiro atoms. The smallest absolute Gasteiger partial charge is 0.178 e. The Balaban J connectivity index is 1.09. The fourth-order valence-corrected chi connectivity index (χ4v) is 6.82. The van der Waals surface area contributed by atoms with Crippen molar-refractivity contribution in [2.75, 3.05) is 0 Å². The third-order valence-electron chi connectivity index (χ3n) is 9.38. The van der Waals surface area contributed by atoms with Crippen LogP contribution < -0.4 is 4.74 Å². The fraction of sp³-hybridized carbons (Fsp3) is 0.0698. The van der Waals surface area contributed by atoms with Gasteiger partial charge in [-0.2, -0.15) is 0 Å². The third kappa shape index (κ3) is 4.52. The highest BCUT2D eigenvalue weighted by Gasteiger charge is 2.36. The van der Waals surface area contributed by atoms with Crippen LogP contribution in [0.2, 0.25) is 0 Å². The molecule has 0 saturated heterocycles. The van der Waals surface area contributed by atoms with Crippen LogP contribution in [0.3, 0.4) is 0 Å². The molecule has 4 heteroatoms. The number of hydrogen-bond donors (Lipinski definition) is 0. The summed E-state index contributed by atoms with van der Waals surface area (Å²) in [5.41, 5.74) is 10.7. The molecule has 0 unspecified atom stereocenters. The highest BCUT2D eigenvalue weighted by molar-refractivity contribution is 6.07. The number of ether oxygens (including phenoxy) is 1. The van der Waals surface area contributed by atoms with E-state index in [4.69, 9.17) is 19.1 Å². The molecule has 0 radical (unpaired) electrons. The lowest BCUT2D eigenvalue weighted by molar-refractivity contribution is 0.415. The van der Waals surface area contributed by atoms with E-state index in [0.717, 1.165) is 83.8 Å². The Bertz CT molecular complexity index is 2390. The lowest BCUT2D eigenvalue weighted by atomic mass is 9.75. The predicted molar refractivity (Wildman–Crippen MR) is 190 cm³/mol. The van der Waals surface area contributed by atoms with Crippen molar-refractivity contribution in [2.45, 2.75) is 19.3 Å². The Morgan fingerprint density at radius 1 is 0.489 bits per heavy atom. The number of hydrogen-bond acceptors (Lipinski definition) is 4. The van der Waals surface area contributed by atoms with Gasteiger partial charge in [0.05, 0.1) is 11.4 Å². The van der Waals surface area contributed by atoms with E-state index in [0.29, 0.717) is 5.82 Å². The van der Waals surface area contributed by atoms with Crippen LogP contribution in [0.25, 0.3) is 67.0 Å². The maximum Gasteiger partial charge on any atom is 0.178 e. The number of para-hydroxylation sites is 1. The first-order chi connectivity index (χ1) is 23.0. The van der Waals surface area contributed by atoms with Gasteiger partial charge in [-0.15, -0.1) is 0 Å². The normalized spacial score (nSPS) is 13.2. The number of benzene rings is 6. The molecule has 0 N–H and O–H groups in total. The maximum absolute atomic E-state index is 6.71. The Morgan fingerprint density at radius 3 is 1.79 bits per heavy atom. The molecule has 0 amide bonds. The Morgan fingerprint density at radius 2 is 1.09 bits per heavy atom. The van der Waals surface area contributed by atoms with E-state index in [1.807, 2.05) is 54.6 Å². The van der Waals surface area contributed by atoms with E-state index in [1.165, 1.54) is 0 Å². The molecule has 47 heavy (non-hydrogen) atoms. The average Bonchev–Trinajstić information content (AvgIpc) is 3.51. The first-order valence-electron chi connectivity index (χ1n) is 15.9. The van der Waals surface area contributed by atoms with Crippen LogP contribution in [-0.4, -0.2) is 9.97 Å². The molecular weight excluding hydrogens is 576 g/mol. The highest BCUT2D eigenvalue weighted by Crippen LogP contribution is 2.52. The number of rotatable bonds is 4. The molecule has 224 valence electrons. The zero-order valence-electron chi connectivity index (χ0n) is 26.1. The van der Waals surface area contributed by atoms with E-state index >= 15 is 0 Å². The second-order valence-corrected chi connectivity index (χ2v) is 12.6. The first-order valence-corrected chi connectivity index (χ1v) is 15.9. The van der Waals surface area contributed by atoms with Crippen LogP contribution in [-0.2, 0) is 5.41 Å². The summed E-state index contributed by atoms with van der Waals surface area (Å²) in [6.45, 7) is 4.51. The predicted octanol–water partition coefficient (Wildman–Crippen LogP) is 11.5. The van der Waals surface area contributed by atoms with Crippen LogP contribution in [0.1, 0.15) is 25.0 Å². The standard InChI is InChI=1S/C43H30N2O2/c1-43(2)34-23-21-31(25-39(34)47-41-35(43)24-22-33-32-15-9-10-16-38(32)46-40(33)41)27-17-19-30(20-18-27)42-44-36(28-11-5-3-6-12-28)26-37(45-42)29-13-7-4-8-14-29/h3-26H,1-2H3. The van der Waals surface area contributed by atoms with Crippen molar-refractivity contribution < 1.29 is 9.15 Å². The summed E-state index contributed by atoms with van der Waals surface area (Å²) in [5, 5.41) is 2.17. The van der Waals surface area contributed by atoms with Crippen molar-refractivity contribution in [1.29, 1.82) is 0 Å². The molecule has 3 heterocycles. The minimum Gasteiger partial charge on any atom is -0.453 e. The molecule has 8 aromatic rings. The van der Waals surface area contributed by atoms with E-state index in [9.17, 15) is 0 Å². The van der Waals surface area contributed by atoms with E-state index in [2.05, 4.69) is 105 Å². The minimum atomic E-state index is -0.254. The summed E-state index contributed by atoms with van der Waals surface area (Å²) >= 11 is 0. The fourth-order valence-electron chi connectivity index (χ4n) is 6.82. The summed E-state index contributed by atoms with van der Waals surface area (Å²) in [7, 11) is 0. The number of aromatic nitrogens is 2. The topological polar surface area (TPSA) is 48.2 Å². The number of fused-ring (bicyclic) bond motifs is 6. The van der Waals surface area contributed by atoms with Crippen LogP contribution >= 0.6 is 0 Å². The Kier molecular flexibility index (Phi) is 6.12. The Labute approximate surface area is 273 Å². The zero-order chi connectivity index (χ0) is 31.5. The molecule has 0 atom stereocenters. The second kappa shape index (κ2) is 10.5. The van der Waals surface area contributed by atoms with Crippen molar-refractivity contribution >= 4 is 21.9 Å². The molecule has 0 bridgehead atoms. The van der Waals surface area contributed by atoms with Crippen molar-refractivity contribution in [3.05, 3.63) is 157 Å². The first kappa shape index (κ1) is 27.3. The second-order valence-electron chi connectivity index (χ2n) is 12.6. The molecule has 0 aliphatic carbocycles. The van der Waals surface area contributed by atoms with Gasteiger partial charge >= 0.3 is 0 Å². The average molecular weight is 607 g/mol. The summed E-state index contributed by atoms with van der Waals surface area (Å²) in [6.07, 6.45) is 0. The van der Waals surface area contributed by atoms with Gasteiger partial charge in [-0.3, -0.25) is 0 Å². The lowest BCUT2D eigenvalue weighted by Gasteiger charge is -2.34. The van der Waals surface area contributed by atoms with E-state index < -0.39 is 0 Å². The Hall–Kier alpha value is -6.00. The number of furan rings is 1.